The highest BCUT2D eigenvalue weighted by molar-refractivity contribution is 9.10. The van der Waals surface area contributed by atoms with Crippen LogP contribution in [0.1, 0.15) is 67.8 Å². The summed E-state index contributed by atoms with van der Waals surface area (Å²) in [5.41, 5.74) is 4.12. The number of anilines is 1. The number of aromatic nitrogens is 2. The average molecular weight is 493 g/mol. The van der Waals surface area contributed by atoms with E-state index >= 15 is 0 Å². The Kier molecular flexibility index (Phi) is 6.13. The van der Waals surface area contributed by atoms with Crippen LogP contribution in [-0.4, -0.2) is 29.0 Å². The van der Waals surface area contributed by atoms with Crippen LogP contribution in [0.25, 0.3) is 10.9 Å². The topological polar surface area (TPSA) is 50.5 Å². The number of fused-ring (bicyclic) bond motifs is 1. The van der Waals surface area contributed by atoms with Crippen molar-refractivity contribution in [2.45, 2.75) is 57.8 Å². The van der Waals surface area contributed by atoms with Gasteiger partial charge in [-0.2, -0.15) is 9.78 Å². The molecule has 1 aromatic heterocycles. The predicted octanol–water partition coefficient (Wildman–Crippen LogP) is 6.00. The third-order valence-corrected chi connectivity index (χ3v) is 7.33. The fourth-order valence-corrected chi connectivity index (χ4v) is 5.36. The van der Waals surface area contributed by atoms with Crippen LogP contribution in [0.15, 0.2) is 50.8 Å². The van der Waals surface area contributed by atoms with E-state index in [-0.39, 0.29) is 11.5 Å². The van der Waals surface area contributed by atoms with Crippen molar-refractivity contribution in [2.75, 3.05) is 18.0 Å². The van der Waals surface area contributed by atoms with Gasteiger partial charge >= 0.3 is 0 Å². The number of hydrogen-bond acceptors (Lipinski definition) is 4. The molecule has 1 saturated heterocycles. The van der Waals surface area contributed by atoms with Crippen LogP contribution in [0.4, 0.5) is 5.69 Å². The minimum Gasteiger partial charge on any atom is -0.372 e. The van der Waals surface area contributed by atoms with Gasteiger partial charge in [0.05, 0.1) is 17.1 Å². The Balaban J connectivity index is 1.55. The fourth-order valence-electron chi connectivity index (χ4n) is 5.00. The molecule has 6 heteroatoms. The number of halogens is 1. The Bertz CT molecular complexity index is 1220. The summed E-state index contributed by atoms with van der Waals surface area (Å²) in [5.74, 6) is 1.08. The van der Waals surface area contributed by atoms with Gasteiger partial charge in [0.25, 0.3) is 5.56 Å². The molecule has 0 amide bonds. The van der Waals surface area contributed by atoms with Gasteiger partial charge in [0.2, 0.25) is 0 Å². The van der Waals surface area contributed by atoms with Crippen LogP contribution < -0.4 is 10.5 Å². The van der Waals surface area contributed by atoms with Gasteiger partial charge < -0.3 is 4.90 Å². The normalized spacial score (nSPS) is 17.6. The molecule has 2 heterocycles. The first-order valence-electron chi connectivity index (χ1n) is 11.7. The van der Waals surface area contributed by atoms with E-state index in [1.54, 1.807) is 4.68 Å². The molecule has 5 nitrogen and oxygen atoms in total. The number of hydrogen-bond donors (Lipinski definition) is 0. The van der Waals surface area contributed by atoms with Gasteiger partial charge in [0, 0.05) is 29.2 Å². The van der Waals surface area contributed by atoms with Gasteiger partial charge in [-0.25, -0.2) is 4.98 Å². The molecule has 0 atom stereocenters. The summed E-state index contributed by atoms with van der Waals surface area (Å²) in [6, 6.07) is 12.2. The second-order valence-electron chi connectivity index (χ2n) is 9.06. The van der Waals surface area contributed by atoms with Crippen molar-refractivity contribution in [3.8, 4) is 0 Å². The van der Waals surface area contributed by atoms with E-state index in [1.807, 2.05) is 24.4 Å². The second-order valence-corrected chi connectivity index (χ2v) is 9.98. The van der Waals surface area contributed by atoms with Crippen LogP contribution in [0, 0.1) is 6.92 Å². The molecule has 166 valence electrons. The Morgan fingerprint density at radius 2 is 1.81 bits per heavy atom. The van der Waals surface area contributed by atoms with E-state index in [0.29, 0.717) is 5.39 Å². The second kappa shape index (κ2) is 9.18. The minimum absolute atomic E-state index is 0.0977. The highest BCUT2D eigenvalue weighted by atomic mass is 79.9. The van der Waals surface area contributed by atoms with E-state index in [4.69, 9.17) is 10.1 Å². The quantitative estimate of drug-likeness (QED) is 0.419. The zero-order chi connectivity index (χ0) is 22.1. The molecular weight excluding hydrogens is 464 g/mol. The maximum Gasteiger partial charge on any atom is 0.282 e. The van der Waals surface area contributed by atoms with E-state index in [9.17, 15) is 4.79 Å². The van der Waals surface area contributed by atoms with Gasteiger partial charge in [0.1, 0.15) is 5.82 Å². The Hall–Kier alpha value is -2.47. The molecule has 1 saturated carbocycles. The molecule has 0 N–H and O–H groups in total. The third kappa shape index (κ3) is 4.25. The third-order valence-electron chi connectivity index (χ3n) is 6.84. The summed E-state index contributed by atoms with van der Waals surface area (Å²) >= 11 is 3.49. The Morgan fingerprint density at radius 3 is 2.56 bits per heavy atom. The molecule has 1 aliphatic heterocycles. The molecule has 0 radical (unpaired) electrons. The lowest BCUT2D eigenvalue weighted by Crippen LogP contribution is -2.25. The van der Waals surface area contributed by atoms with Crippen molar-refractivity contribution in [3.63, 3.8) is 0 Å². The molecule has 5 rings (SSSR count). The largest absolute Gasteiger partial charge is 0.372 e. The smallest absolute Gasteiger partial charge is 0.282 e. The first kappa shape index (κ1) is 21.4. The zero-order valence-corrected chi connectivity index (χ0v) is 20.1. The maximum absolute atomic E-state index is 13.5. The highest BCUT2D eigenvalue weighted by Gasteiger charge is 2.22. The Labute approximate surface area is 197 Å². The molecule has 3 aromatic rings. The summed E-state index contributed by atoms with van der Waals surface area (Å²) in [6.07, 6.45) is 10.1. The molecule has 0 bridgehead atoms. The lowest BCUT2D eigenvalue weighted by Gasteiger charge is -2.23. The van der Waals surface area contributed by atoms with Crippen LogP contribution in [0.2, 0.25) is 0 Å². The van der Waals surface area contributed by atoms with Crippen molar-refractivity contribution >= 4 is 38.7 Å². The highest BCUT2D eigenvalue weighted by Crippen LogP contribution is 2.32. The molecule has 0 unspecified atom stereocenters. The van der Waals surface area contributed by atoms with Gasteiger partial charge in [0.15, 0.2) is 0 Å². The summed E-state index contributed by atoms with van der Waals surface area (Å²) in [7, 11) is 0. The van der Waals surface area contributed by atoms with Gasteiger partial charge in [-0.3, -0.25) is 4.79 Å². The van der Waals surface area contributed by atoms with Crippen molar-refractivity contribution in [2.24, 2.45) is 5.10 Å². The van der Waals surface area contributed by atoms with Crippen molar-refractivity contribution in [1.82, 2.24) is 9.66 Å². The zero-order valence-electron chi connectivity index (χ0n) is 18.6. The van der Waals surface area contributed by atoms with Gasteiger partial charge in [-0.15, -0.1) is 0 Å². The van der Waals surface area contributed by atoms with Crippen LogP contribution in [0.5, 0.6) is 0 Å². The average Bonchev–Trinajstić information content (AvgIpc) is 3.35. The Morgan fingerprint density at radius 1 is 1.03 bits per heavy atom. The van der Waals surface area contributed by atoms with Gasteiger partial charge in [-0.1, -0.05) is 41.3 Å². The van der Waals surface area contributed by atoms with Crippen molar-refractivity contribution in [3.05, 3.63) is 68.2 Å². The summed E-state index contributed by atoms with van der Waals surface area (Å²) in [6.45, 7) is 4.37. The van der Waals surface area contributed by atoms with E-state index < -0.39 is 0 Å². The summed E-state index contributed by atoms with van der Waals surface area (Å²) in [5, 5.41) is 5.30. The van der Waals surface area contributed by atoms with E-state index in [1.165, 1.54) is 43.4 Å². The van der Waals surface area contributed by atoms with Crippen LogP contribution >= 0.6 is 15.9 Å². The van der Waals surface area contributed by atoms with Crippen molar-refractivity contribution in [1.29, 1.82) is 0 Å². The lowest BCUT2D eigenvalue weighted by molar-refractivity contribution is 0.416. The molecular formula is C26H29BrN4O. The monoisotopic (exact) mass is 492 g/mol. The standard InChI is InChI=1S/C26H29BrN4O/c1-18-15-22(30-13-5-6-14-30)11-9-20(18)17-28-31-25(19-7-3-2-4-8-19)29-24-12-10-21(27)16-23(24)26(31)32/h9-12,15-17,19H,2-8,13-14H2,1H3. The molecule has 2 fully saturated rings. The fraction of sp³-hybridized carbons (Fsp3) is 0.423. The number of rotatable bonds is 4. The summed E-state index contributed by atoms with van der Waals surface area (Å²) < 4.78 is 2.43. The number of aryl methyl sites for hydroxylation is 1. The van der Waals surface area contributed by atoms with Crippen LogP contribution in [0.3, 0.4) is 0 Å². The minimum atomic E-state index is -0.0977. The van der Waals surface area contributed by atoms with Gasteiger partial charge in [-0.05, 0) is 74.1 Å². The van der Waals surface area contributed by atoms with Crippen molar-refractivity contribution < 1.29 is 0 Å². The molecule has 1 aliphatic carbocycles. The summed E-state index contributed by atoms with van der Waals surface area (Å²) in [4.78, 5) is 20.8. The van der Waals surface area contributed by atoms with Crippen LogP contribution in [-0.2, 0) is 0 Å². The number of nitrogens with zero attached hydrogens (tertiary/aromatic N) is 4. The SMILES string of the molecule is Cc1cc(N2CCCC2)ccc1C=Nn1c(C2CCCCC2)nc2ccc(Br)cc2c1=O. The predicted molar refractivity (Wildman–Crippen MR) is 135 cm³/mol. The maximum atomic E-state index is 13.5. The molecule has 2 aliphatic rings. The first-order chi connectivity index (χ1) is 15.6. The molecule has 32 heavy (non-hydrogen) atoms. The first-order valence-corrected chi connectivity index (χ1v) is 12.5. The molecule has 2 aromatic carbocycles. The number of benzene rings is 2. The lowest BCUT2D eigenvalue weighted by atomic mass is 9.88. The van der Waals surface area contributed by atoms with E-state index in [2.05, 4.69) is 46.0 Å². The molecule has 0 spiro atoms. The van der Waals surface area contributed by atoms with E-state index in [0.717, 1.165) is 47.3 Å².